The second kappa shape index (κ2) is 9.51. The Labute approximate surface area is 164 Å². The van der Waals surface area contributed by atoms with E-state index in [1.54, 1.807) is 30.5 Å². The summed E-state index contributed by atoms with van der Waals surface area (Å²) in [6.45, 7) is 3.13. The molecule has 0 bridgehead atoms. The molecule has 0 radical (unpaired) electrons. The van der Waals surface area contributed by atoms with Crippen LogP contribution in [0.5, 0.6) is 0 Å². The molecule has 0 unspecified atom stereocenters. The number of aromatic nitrogens is 1. The second-order valence-electron chi connectivity index (χ2n) is 6.61. The zero-order chi connectivity index (χ0) is 19.8. The highest BCUT2D eigenvalue weighted by Gasteiger charge is 2.21. The summed E-state index contributed by atoms with van der Waals surface area (Å²) in [4.78, 5) is 32.6. The van der Waals surface area contributed by atoms with Crippen LogP contribution in [0.1, 0.15) is 28.8 Å². The molecule has 1 saturated heterocycles. The van der Waals surface area contributed by atoms with Crippen molar-refractivity contribution in [3.8, 4) is 6.07 Å². The molecule has 2 aromatic rings. The zero-order valence-corrected chi connectivity index (χ0v) is 15.7. The fraction of sp³-hybridized carbons (Fsp3) is 0.333. The predicted molar refractivity (Wildman–Crippen MR) is 106 cm³/mol. The number of nitriles is 1. The van der Waals surface area contributed by atoms with Gasteiger partial charge in [0.25, 0.3) is 5.91 Å². The normalized spacial score (nSPS) is 13.7. The van der Waals surface area contributed by atoms with Crippen LogP contribution < -0.4 is 10.2 Å². The molecule has 144 valence electrons. The number of anilines is 1. The number of piperazine rings is 1. The van der Waals surface area contributed by atoms with Crippen molar-refractivity contribution in [2.75, 3.05) is 37.6 Å². The molecule has 28 heavy (non-hydrogen) atoms. The maximum atomic E-state index is 12.4. The molecule has 0 aliphatic carbocycles. The Hall–Kier alpha value is -3.40. The lowest BCUT2D eigenvalue weighted by molar-refractivity contribution is -0.131. The Kier molecular flexibility index (Phi) is 6.58. The van der Waals surface area contributed by atoms with E-state index in [-0.39, 0.29) is 11.8 Å². The molecule has 0 spiro atoms. The first kappa shape index (κ1) is 19.4. The number of hydrogen-bond acceptors (Lipinski definition) is 5. The minimum absolute atomic E-state index is 0.104. The Morgan fingerprint density at radius 3 is 2.57 bits per heavy atom. The molecule has 1 aliphatic heterocycles. The van der Waals surface area contributed by atoms with Gasteiger partial charge in [0.05, 0.1) is 11.6 Å². The van der Waals surface area contributed by atoms with E-state index in [0.717, 1.165) is 5.82 Å². The standard InChI is InChI=1S/C21H23N5O2/c22-16-17-8-10-23-19(15-17)25-11-13-26(14-12-25)20(27)7-4-9-24-21(28)18-5-2-1-3-6-18/h1-3,5-6,8,10,15H,4,7,9,11-14H2,(H,24,28). The van der Waals surface area contributed by atoms with Crippen molar-refractivity contribution in [3.63, 3.8) is 0 Å². The van der Waals surface area contributed by atoms with Crippen LogP contribution in [0.25, 0.3) is 0 Å². The van der Waals surface area contributed by atoms with Crippen LogP contribution in [0.3, 0.4) is 0 Å². The van der Waals surface area contributed by atoms with Gasteiger partial charge in [-0.2, -0.15) is 5.26 Å². The third-order valence-corrected chi connectivity index (χ3v) is 4.72. The summed E-state index contributed by atoms with van der Waals surface area (Å²) >= 11 is 0. The number of hydrogen-bond donors (Lipinski definition) is 1. The number of rotatable bonds is 6. The predicted octanol–water partition coefficient (Wildman–Crippen LogP) is 1.81. The van der Waals surface area contributed by atoms with E-state index in [1.165, 1.54) is 0 Å². The molecule has 0 saturated carbocycles. The first-order chi connectivity index (χ1) is 13.7. The van der Waals surface area contributed by atoms with E-state index < -0.39 is 0 Å². The Morgan fingerprint density at radius 2 is 1.86 bits per heavy atom. The molecule has 0 atom stereocenters. The largest absolute Gasteiger partial charge is 0.353 e. The first-order valence-corrected chi connectivity index (χ1v) is 9.39. The van der Waals surface area contributed by atoms with Gasteiger partial charge in [0.1, 0.15) is 5.82 Å². The fourth-order valence-electron chi connectivity index (χ4n) is 3.14. The second-order valence-corrected chi connectivity index (χ2v) is 6.61. The lowest BCUT2D eigenvalue weighted by atomic mass is 10.2. The van der Waals surface area contributed by atoms with E-state index >= 15 is 0 Å². The molecule has 1 N–H and O–H groups in total. The third kappa shape index (κ3) is 5.07. The van der Waals surface area contributed by atoms with Gasteiger partial charge in [0.2, 0.25) is 5.91 Å². The van der Waals surface area contributed by atoms with Gasteiger partial charge in [0.15, 0.2) is 0 Å². The minimum atomic E-state index is -0.117. The van der Waals surface area contributed by atoms with Crippen LogP contribution in [0.2, 0.25) is 0 Å². The number of carbonyl (C=O) groups is 2. The Balaban J connectivity index is 1.38. The number of benzene rings is 1. The minimum Gasteiger partial charge on any atom is -0.353 e. The molecule has 7 heteroatoms. The van der Waals surface area contributed by atoms with Crippen molar-refractivity contribution >= 4 is 17.6 Å². The highest BCUT2D eigenvalue weighted by Crippen LogP contribution is 2.15. The van der Waals surface area contributed by atoms with Gasteiger partial charge in [-0.1, -0.05) is 18.2 Å². The molecule has 7 nitrogen and oxygen atoms in total. The van der Waals surface area contributed by atoms with Crippen molar-refractivity contribution in [1.29, 1.82) is 5.26 Å². The van der Waals surface area contributed by atoms with Crippen molar-refractivity contribution in [1.82, 2.24) is 15.2 Å². The van der Waals surface area contributed by atoms with Gasteiger partial charge < -0.3 is 15.1 Å². The van der Waals surface area contributed by atoms with E-state index in [9.17, 15) is 9.59 Å². The summed E-state index contributed by atoms with van der Waals surface area (Å²) in [7, 11) is 0. The van der Waals surface area contributed by atoms with Gasteiger partial charge in [0, 0.05) is 50.9 Å². The van der Waals surface area contributed by atoms with Gasteiger partial charge >= 0.3 is 0 Å². The molecular weight excluding hydrogens is 354 g/mol. The average molecular weight is 377 g/mol. The molecule has 3 rings (SSSR count). The van der Waals surface area contributed by atoms with Gasteiger partial charge in [-0.05, 0) is 30.7 Å². The monoisotopic (exact) mass is 377 g/mol. The van der Waals surface area contributed by atoms with Crippen LogP contribution in [-0.4, -0.2) is 54.4 Å². The zero-order valence-electron chi connectivity index (χ0n) is 15.7. The quantitative estimate of drug-likeness (QED) is 0.776. The van der Waals surface area contributed by atoms with E-state index in [2.05, 4.69) is 21.3 Å². The van der Waals surface area contributed by atoms with Crippen LogP contribution in [-0.2, 0) is 4.79 Å². The van der Waals surface area contributed by atoms with E-state index in [0.29, 0.717) is 56.7 Å². The van der Waals surface area contributed by atoms with Crippen molar-refractivity contribution in [2.45, 2.75) is 12.8 Å². The molecule has 2 heterocycles. The van der Waals surface area contributed by atoms with Gasteiger partial charge in [-0.3, -0.25) is 9.59 Å². The van der Waals surface area contributed by atoms with Crippen LogP contribution in [0.4, 0.5) is 5.82 Å². The third-order valence-electron chi connectivity index (χ3n) is 4.72. The lowest BCUT2D eigenvalue weighted by Gasteiger charge is -2.35. The maximum Gasteiger partial charge on any atom is 0.251 e. The van der Waals surface area contributed by atoms with Crippen molar-refractivity contribution < 1.29 is 9.59 Å². The number of nitrogens with one attached hydrogen (secondary N) is 1. The number of nitrogens with zero attached hydrogens (tertiary/aromatic N) is 4. The van der Waals surface area contributed by atoms with Crippen molar-refractivity contribution in [2.24, 2.45) is 0 Å². The number of pyridine rings is 1. The van der Waals surface area contributed by atoms with E-state index in [1.807, 2.05) is 23.1 Å². The Bertz CT molecular complexity index is 855. The van der Waals surface area contributed by atoms with E-state index in [4.69, 9.17) is 5.26 Å². The summed E-state index contributed by atoms with van der Waals surface area (Å²) < 4.78 is 0. The van der Waals surface area contributed by atoms with Crippen LogP contribution in [0.15, 0.2) is 48.7 Å². The number of carbonyl (C=O) groups excluding carboxylic acids is 2. The molecule has 1 aromatic heterocycles. The summed E-state index contributed by atoms with van der Waals surface area (Å²) in [6.07, 6.45) is 2.66. The summed E-state index contributed by atoms with van der Waals surface area (Å²) in [6, 6.07) is 14.6. The highest BCUT2D eigenvalue weighted by atomic mass is 16.2. The average Bonchev–Trinajstić information content (AvgIpc) is 2.77. The van der Waals surface area contributed by atoms with Crippen LogP contribution >= 0.6 is 0 Å². The molecule has 1 aliphatic rings. The van der Waals surface area contributed by atoms with Crippen LogP contribution in [0, 0.1) is 11.3 Å². The smallest absolute Gasteiger partial charge is 0.251 e. The maximum absolute atomic E-state index is 12.4. The lowest BCUT2D eigenvalue weighted by Crippen LogP contribution is -2.49. The van der Waals surface area contributed by atoms with Gasteiger partial charge in [-0.15, -0.1) is 0 Å². The first-order valence-electron chi connectivity index (χ1n) is 9.39. The topological polar surface area (TPSA) is 89.3 Å². The molecule has 2 amide bonds. The van der Waals surface area contributed by atoms with Crippen molar-refractivity contribution in [3.05, 3.63) is 59.8 Å². The summed E-state index contributed by atoms with van der Waals surface area (Å²) in [5, 5.41) is 11.8. The summed E-state index contributed by atoms with van der Waals surface area (Å²) in [5.74, 6) is 0.760. The van der Waals surface area contributed by atoms with Gasteiger partial charge in [-0.25, -0.2) is 4.98 Å². The molecule has 1 aromatic carbocycles. The molecular formula is C21H23N5O2. The SMILES string of the molecule is N#Cc1ccnc(N2CCN(C(=O)CCCNC(=O)c3ccccc3)CC2)c1. The number of amides is 2. The fourth-order valence-corrected chi connectivity index (χ4v) is 3.14. The molecule has 1 fully saturated rings. The summed E-state index contributed by atoms with van der Waals surface area (Å²) in [5.41, 5.74) is 1.21. The Morgan fingerprint density at radius 1 is 1.11 bits per heavy atom. The highest BCUT2D eigenvalue weighted by molar-refractivity contribution is 5.94.